The molecule has 3 aromatic carbocycles. The first-order valence-corrected chi connectivity index (χ1v) is 12.7. The average molecular weight is 515 g/mol. The van der Waals surface area contributed by atoms with Crippen LogP contribution in [-0.2, 0) is 9.53 Å². The molecule has 0 spiro atoms. The predicted molar refractivity (Wildman–Crippen MR) is 144 cm³/mol. The third-order valence-electron chi connectivity index (χ3n) is 6.35. The molecule has 0 N–H and O–H groups in total. The highest BCUT2D eigenvalue weighted by Crippen LogP contribution is 2.40. The number of nitrogens with zero attached hydrogens (tertiary/aromatic N) is 2. The quantitative estimate of drug-likeness (QED) is 0.364. The lowest BCUT2D eigenvalue weighted by molar-refractivity contribution is -0.139. The van der Waals surface area contributed by atoms with Gasteiger partial charge in [-0.1, -0.05) is 53.8 Å². The highest BCUT2D eigenvalue weighted by atomic mass is 32.1. The van der Waals surface area contributed by atoms with Crippen molar-refractivity contribution in [2.75, 3.05) is 20.8 Å². The number of aromatic nitrogens is 1. The van der Waals surface area contributed by atoms with Crippen molar-refractivity contribution >= 4 is 34.2 Å². The van der Waals surface area contributed by atoms with Crippen LogP contribution in [0.25, 0.3) is 16.8 Å². The van der Waals surface area contributed by atoms with Crippen molar-refractivity contribution in [1.82, 2.24) is 4.57 Å². The highest BCUT2D eigenvalue weighted by Gasteiger charge is 2.36. The summed E-state index contributed by atoms with van der Waals surface area (Å²) < 4.78 is 18.5. The molecule has 5 rings (SSSR count). The van der Waals surface area contributed by atoms with Gasteiger partial charge in [-0.3, -0.25) is 9.36 Å². The molecule has 0 saturated heterocycles. The molecule has 188 valence electrons. The van der Waals surface area contributed by atoms with Crippen LogP contribution in [0.15, 0.2) is 81.7 Å². The van der Waals surface area contributed by atoms with Gasteiger partial charge in [0, 0.05) is 5.56 Å². The number of allylic oxidation sites excluding steroid dienone is 1. The van der Waals surface area contributed by atoms with Crippen LogP contribution in [0.3, 0.4) is 0 Å². The standard InChI is InChI=1S/C29H26N2O5S/c1-5-36-28(33)24-17(2)30-29-31(27(32)23(37-29)16-18-10-13-20(34-3)14-11-18)26(24)25-21-9-7-6-8-19(21)12-15-22(25)35-4/h6-16,26H,5H2,1-4H3/b23-16+/t26-/m1/s1. The van der Waals surface area contributed by atoms with E-state index in [-0.39, 0.29) is 12.2 Å². The van der Waals surface area contributed by atoms with Gasteiger partial charge in [-0.15, -0.1) is 0 Å². The molecule has 0 fully saturated rings. The fourth-order valence-corrected chi connectivity index (χ4v) is 5.70. The minimum absolute atomic E-state index is 0.205. The van der Waals surface area contributed by atoms with Crippen LogP contribution in [0.1, 0.15) is 31.0 Å². The van der Waals surface area contributed by atoms with E-state index >= 15 is 0 Å². The van der Waals surface area contributed by atoms with Crippen LogP contribution < -0.4 is 24.4 Å². The summed E-state index contributed by atoms with van der Waals surface area (Å²) in [6.07, 6.45) is 1.82. The summed E-state index contributed by atoms with van der Waals surface area (Å²) in [5.41, 5.74) is 2.16. The fourth-order valence-electron chi connectivity index (χ4n) is 4.65. The maximum Gasteiger partial charge on any atom is 0.338 e. The van der Waals surface area contributed by atoms with Crippen molar-refractivity contribution in [2.45, 2.75) is 19.9 Å². The van der Waals surface area contributed by atoms with Crippen molar-refractivity contribution in [1.29, 1.82) is 0 Å². The predicted octanol–water partition coefficient (Wildman–Crippen LogP) is 3.97. The Morgan fingerprint density at radius 3 is 2.51 bits per heavy atom. The van der Waals surface area contributed by atoms with E-state index in [0.29, 0.717) is 26.4 Å². The van der Waals surface area contributed by atoms with Crippen molar-refractivity contribution in [3.63, 3.8) is 0 Å². The molecule has 1 aliphatic heterocycles. The van der Waals surface area contributed by atoms with Gasteiger partial charge in [0.1, 0.15) is 17.5 Å². The summed E-state index contributed by atoms with van der Waals surface area (Å²) >= 11 is 1.28. The molecule has 0 bridgehead atoms. The molecular formula is C29H26N2O5S. The lowest BCUT2D eigenvalue weighted by atomic mass is 9.90. The van der Waals surface area contributed by atoms with E-state index in [9.17, 15) is 9.59 Å². The van der Waals surface area contributed by atoms with E-state index in [2.05, 4.69) is 4.99 Å². The summed E-state index contributed by atoms with van der Waals surface area (Å²) in [5, 5.41) is 1.85. The molecule has 8 heteroatoms. The summed E-state index contributed by atoms with van der Waals surface area (Å²) in [6.45, 7) is 3.74. The SMILES string of the molecule is CCOC(=O)C1=C(C)N=c2s/c(=C/c3ccc(OC)cc3)c(=O)n2[C@H]1c1c(OC)ccc2ccccc12. The Labute approximate surface area is 217 Å². The molecule has 1 aromatic heterocycles. The first-order valence-electron chi connectivity index (χ1n) is 11.9. The van der Waals surface area contributed by atoms with Crippen LogP contribution in [-0.4, -0.2) is 31.4 Å². The lowest BCUT2D eigenvalue weighted by Gasteiger charge is -2.27. The van der Waals surface area contributed by atoms with Crippen molar-refractivity contribution in [3.05, 3.63) is 103 Å². The topological polar surface area (TPSA) is 79.1 Å². The van der Waals surface area contributed by atoms with Crippen molar-refractivity contribution < 1.29 is 19.0 Å². The zero-order chi connectivity index (χ0) is 26.1. The monoisotopic (exact) mass is 514 g/mol. The Bertz CT molecular complexity index is 1710. The number of fused-ring (bicyclic) bond motifs is 2. The number of benzene rings is 3. The molecule has 0 saturated carbocycles. The number of carbonyl (C=O) groups excluding carboxylic acids is 1. The van der Waals surface area contributed by atoms with Crippen LogP contribution in [0, 0.1) is 0 Å². The number of ether oxygens (including phenoxy) is 3. The van der Waals surface area contributed by atoms with E-state index in [4.69, 9.17) is 14.2 Å². The van der Waals surface area contributed by atoms with Gasteiger partial charge < -0.3 is 14.2 Å². The Hall–Kier alpha value is -4.17. The molecular weight excluding hydrogens is 488 g/mol. The second kappa shape index (κ2) is 10.1. The number of esters is 1. The first kappa shape index (κ1) is 24.5. The van der Waals surface area contributed by atoms with Gasteiger partial charge in [0.2, 0.25) is 0 Å². The molecule has 0 amide bonds. The van der Waals surface area contributed by atoms with Gasteiger partial charge in [-0.25, -0.2) is 9.79 Å². The number of methoxy groups -OCH3 is 2. The van der Waals surface area contributed by atoms with Gasteiger partial charge in [0.15, 0.2) is 4.80 Å². The average Bonchev–Trinajstić information content (AvgIpc) is 3.21. The number of hydrogen-bond acceptors (Lipinski definition) is 7. The lowest BCUT2D eigenvalue weighted by Crippen LogP contribution is -2.40. The van der Waals surface area contributed by atoms with Gasteiger partial charge in [0.05, 0.1) is 36.6 Å². The van der Waals surface area contributed by atoms with E-state index < -0.39 is 12.0 Å². The molecule has 37 heavy (non-hydrogen) atoms. The minimum atomic E-state index is -0.769. The molecule has 1 aliphatic rings. The normalized spacial score (nSPS) is 15.4. The van der Waals surface area contributed by atoms with Crippen LogP contribution in [0.2, 0.25) is 0 Å². The molecule has 1 atom stereocenters. The first-order chi connectivity index (χ1) is 18.0. The summed E-state index contributed by atoms with van der Waals surface area (Å²) in [6, 6.07) is 18.4. The molecule has 0 radical (unpaired) electrons. The van der Waals surface area contributed by atoms with Crippen molar-refractivity contribution in [3.8, 4) is 11.5 Å². The van der Waals surface area contributed by atoms with Gasteiger partial charge >= 0.3 is 5.97 Å². The molecule has 0 unspecified atom stereocenters. The van der Waals surface area contributed by atoms with Crippen LogP contribution in [0.4, 0.5) is 0 Å². The van der Waals surface area contributed by atoms with Crippen LogP contribution in [0.5, 0.6) is 11.5 Å². The number of thiazole rings is 1. The molecule has 7 nitrogen and oxygen atoms in total. The van der Waals surface area contributed by atoms with E-state index in [1.54, 1.807) is 32.6 Å². The third kappa shape index (κ3) is 4.34. The zero-order valence-electron chi connectivity index (χ0n) is 21.0. The molecule has 2 heterocycles. The maximum absolute atomic E-state index is 13.9. The van der Waals surface area contributed by atoms with Gasteiger partial charge in [-0.05, 0) is 54.5 Å². The maximum atomic E-state index is 13.9. The Kier molecular flexibility index (Phi) is 6.67. The molecule has 4 aromatic rings. The third-order valence-corrected chi connectivity index (χ3v) is 7.34. The van der Waals surface area contributed by atoms with Gasteiger partial charge in [0.25, 0.3) is 5.56 Å². The van der Waals surface area contributed by atoms with Crippen LogP contribution >= 0.6 is 11.3 Å². The van der Waals surface area contributed by atoms with E-state index in [0.717, 1.165) is 27.6 Å². The van der Waals surface area contributed by atoms with E-state index in [1.807, 2.05) is 66.7 Å². The highest BCUT2D eigenvalue weighted by molar-refractivity contribution is 7.07. The van der Waals surface area contributed by atoms with E-state index in [1.165, 1.54) is 11.3 Å². The number of hydrogen-bond donors (Lipinski definition) is 0. The second-order valence-corrected chi connectivity index (χ2v) is 9.49. The van der Waals surface area contributed by atoms with Gasteiger partial charge in [-0.2, -0.15) is 0 Å². The Balaban J connectivity index is 1.82. The Morgan fingerprint density at radius 1 is 1.05 bits per heavy atom. The largest absolute Gasteiger partial charge is 0.497 e. The zero-order valence-corrected chi connectivity index (χ0v) is 21.8. The summed E-state index contributed by atoms with van der Waals surface area (Å²) in [5.74, 6) is 0.800. The number of carbonyl (C=O) groups is 1. The number of rotatable bonds is 6. The summed E-state index contributed by atoms with van der Waals surface area (Å²) in [4.78, 5) is 32.4. The second-order valence-electron chi connectivity index (χ2n) is 8.48. The fraction of sp³-hybridized carbons (Fsp3) is 0.207. The summed E-state index contributed by atoms with van der Waals surface area (Å²) in [7, 11) is 3.19. The molecule has 0 aliphatic carbocycles. The Morgan fingerprint density at radius 2 is 1.81 bits per heavy atom. The van der Waals surface area contributed by atoms with Crippen molar-refractivity contribution in [2.24, 2.45) is 4.99 Å². The smallest absolute Gasteiger partial charge is 0.338 e. The minimum Gasteiger partial charge on any atom is -0.497 e.